The van der Waals surface area contributed by atoms with Crippen molar-refractivity contribution in [2.24, 2.45) is 0 Å². The Morgan fingerprint density at radius 1 is 1.08 bits per heavy atom. The van der Waals surface area contributed by atoms with Crippen LogP contribution >= 0.6 is 11.3 Å². The Morgan fingerprint density at radius 2 is 1.88 bits per heavy atom. The van der Waals surface area contributed by atoms with Gasteiger partial charge in [0, 0.05) is 4.88 Å². The molecule has 0 aliphatic rings. The normalized spacial score (nSPS) is 11.8. The van der Waals surface area contributed by atoms with Crippen LogP contribution in [0.2, 0.25) is 0 Å². The number of amides is 1. The molecule has 0 saturated heterocycles. The number of thiophene rings is 1. The first-order chi connectivity index (χ1) is 12.1. The van der Waals surface area contributed by atoms with Gasteiger partial charge in [0.2, 0.25) is 0 Å². The maximum absolute atomic E-state index is 12.5. The molecule has 0 saturated carbocycles. The predicted molar refractivity (Wildman–Crippen MR) is 102 cm³/mol. The van der Waals surface area contributed by atoms with Crippen LogP contribution in [0.15, 0.2) is 66.0 Å². The number of hydrogen-bond donors (Lipinski definition) is 1. The van der Waals surface area contributed by atoms with Gasteiger partial charge < -0.3 is 10.1 Å². The highest BCUT2D eigenvalue weighted by Gasteiger charge is 2.18. The van der Waals surface area contributed by atoms with E-state index in [0.717, 1.165) is 27.3 Å². The molecule has 25 heavy (non-hydrogen) atoms. The minimum atomic E-state index is -0.157. The van der Waals surface area contributed by atoms with Gasteiger partial charge in [0.15, 0.2) is 6.61 Å². The zero-order chi connectivity index (χ0) is 17.6. The summed E-state index contributed by atoms with van der Waals surface area (Å²) in [6, 6.07) is 19.8. The van der Waals surface area contributed by atoms with E-state index in [1.165, 1.54) is 0 Å². The van der Waals surface area contributed by atoms with Crippen LogP contribution in [-0.2, 0) is 4.79 Å². The van der Waals surface area contributed by atoms with Crippen molar-refractivity contribution in [3.63, 3.8) is 0 Å². The van der Waals surface area contributed by atoms with Crippen molar-refractivity contribution in [3.05, 3.63) is 87.6 Å². The molecule has 1 amide bonds. The number of nitrogens with one attached hydrogen (secondary N) is 1. The maximum Gasteiger partial charge on any atom is 0.258 e. The summed E-state index contributed by atoms with van der Waals surface area (Å²) in [4.78, 5) is 13.6. The largest absolute Gasteiger partial charge is 0.483 e. The highest BCUT2D eigenvalue weighted by Crippen LogP contribution is 2.26. The third-order valence-corrected chi connectivity index (χ3v) is 4.91. The summed E-state index contributed by atoms with van der Waals surface area (Å²) in [5, 5.41) is 5.10. The molecule has 3 rings (SSSR count). The molecular weight excluding hydrogens is 330 g/mol. The van der Waals surface area contributed by atoms with E-state index in [-0.39, 0.29) is 18.6 Å². The molecule has 3 aromatic rings. The fourth-order valence-electron chi connectivity index (χ4n) is 2.63. The molecule has 0 radical (unpaired) electrons. The van der Waals surface area contributed by atoms with Gasteiger partial charge in [-0.25, -0.2) is 0 Å². The van der Waals surface area contributed by atoms with Crippen LogP contribution < -0.4 is 10.1 Å². The molecule has 3 nitrogen and oxygen atoms in total. The molecule has 1 N–H and O–H groups in total. The fourth-order valence-corrected chi connectivity index (χ4v) is 3.43. The molecule has 1 heterocycles. The second-order valence-corrected chi connectivity index (χ2v) is 6.96. The van der Waals surface area contributed by atoms with Crippen LogP contribution in [0.25, 0.3) is 0 Å². The first kappa shape index (κ1) is 17.2. The highest BCUT2D eigenvalue weighted by molar-refractivity contribution is 7.10. The lowest BCUT2D eigenvalue weighted by Crippen LogP contribution is -2.33. The summed E-state index contributed by atoms with van der Waals surface area (Å²) in [7, 11) is 0. The third kappa shape index (κ3) is 4.48. The summed E-state index contributed by atoms with van der Waals surface area (Å²) < 4.78 is 5.72. The Morgan fingerprint density at radius 3 is 2.60 bits per heavy atom. The van der Waals surface area contributed by atoms with Gasteiger partial charge in [-0.15, -0.1) is 11.3 Å². The average molecular weight is 351 g/mol. The number of benzene rings is 2. The minimum Gasteiger partial charge on any atom is -0.483 e. The Balaban J connectivity index is 1.70. The molecule has 128 valence electrons. The standard InChI is InChI=1S/C21H21NO2S/c1-15-10-11-16(2)18(13-15)24-14-20(23)22-21(19-9-6-12-25-19)17-7-4-3-5-8-17/h3-13,21H,14H2,1-2H3,(H,22,23). The van der Waals surface area contributed by atoms with Gasteiger partial charge >= 0.3 is 0 Å². The van der Waals surface area contributed by atoms with Gasteiger partial charge in [-0.2, -0.15) is 0 Å². The lowest BCUT2D eigenvalue weighted by molar-refractivity contribution is -0.123. The Bertz CT molecular complexity index is 828. The number of hydrogen-bond acceptors (Lipinski definition) is 3. The zero-order valence-electron chi connectivity index (χ0n) is 14.4. The summed E-state index contributed by atoms with van der Waals surface area (Å²) in [6.07, 6.45) is 0. The molecule has 1 aromatic heterocycles. The third-order valence-electron chi connectivity index (χ3n) is 3.97. The zero-order valence-corrected chi connectivity index (χ0v) is 15.2. The Hall–Kier alpha value is -2.59. The fraction of sp³-hybridized carbons (Fsp3) is 0.190. The van der Waals surface area contributed by atoms with Crippen LogP contribution in [0, 0.1) is 13.8 Å². The van der Waals surface area contributed by atoms with Gasteiger partial charge in [-0.05, 0) is 48.1 Å². The number of aryl methyl sites for hydroxylation is 2. The van der Waals surface area contributed by atoms with Crippen LogP contribution in [0.3, 0.4) is 0 Å². The number of carbonyl (C=O) groups excluding carboxylic acids is 1. The molecular formula is C21H21NO2S. The second kappa shape index (κ2) is 7.99. The van der Waals surface area contributed by atoms with Crippen molar-refractivity contribution in [2.45, 2.75) is 19.9 Å². The SMILES string of the molecule is Cc1ccc(C)c(OCC(=O)NC(c2ccccc2)c2cccs2)c1. The van der Waals surface area contributed by atoms with Crippen LogP contribution in [0.5, 0.6) is 5.75 Å². The topological polar surface area (TPSA) is 38.3 Å². The number of ether oxygens (including phenoxy) is 1. The quantitative estimate of drug-likeness (QED) is 0.702. The van der Waals surface area contributed by atoms with E-state index in [1.54, 1.807) is 11.3 Å². The maximum atomic E-state index is 12.5. The van der Waals surface area contributed by atoms with Gasteiger partial charge in [-0.1, -0.05) is 48.5 Å². The molecule has 0 aliphatic heterocycles. The lowest BCUT2D eigenvalue weighted by atomic mass is 10.1. The molecule has 4 heteroatoms. The predicted octanol–water partition coefficient (Wildman–Crippen LogP) is 4.65. The van der Waals surface area contributed by atoms with E-state index < -0.39 is 0 Å². The lowest BCUT2D eigenvalue weighted by Gasteiger charge is -2.18. The number of carbonyl (C=O) groups is 1. The van der Waals surface area contributed by atoms with Crippen LogP contribution in [-0.4, -0.2) is 12.5 Å². The van der Waals surface area contributed by atoms with Gasteiger partial charge in [-0.3, -0.25) is 4.79 Å². The summed E-state index contributed by atoms with van der Waals surface area (Å²) in [5.74, 6) is 0.616. The minimum absolute atomic E-state index is 0.000990. The highest BCUT2D eigenvalue weighted by atomic mass is 32.1. The molecule has 2 aromatic carbocycles. The molecule has 1 atom stereocenters. The Labute approximate surface area is 152 Å². The second-order valence-electron chi connectivity index (χ2n) is 5.98. The van der Waals surface area contributed by atoms with Crippen molar-refractivity contribution in [3.8, 4) is 5.75 Å². The number of rotatable bonds is 6. The van der Waals surface area contributed by atoms with Gasteiger partial charge in [0.25, 0.3) is 5.91 Å². The van der Waals surface area contributed by atoms with E-state index in [1.807, 2.05) is 79.9 Å². The van der Waals surface area contributed by atoms with Crippen molar-refractivity contribution in [1.82, 2.24) is 5.32 Å². The summed E-state index contributed by atoms with van der Waals surface area (Å²) >= 11 is 1.63. The monoisotopic (exact) mass is 351 g/mol. The molecule has 0 spiro atoms. The van der Waals surface area contributed by atoms with E-state index >= 15 is 0 Å². The molecule has 0 fully saturated rings. The van der Waals surface area contributed by atoms with Gasteiger partial charge in [0.1, 0.15) is 5.75 Å². The van der Waals surface area contributed by atoms with Gasteiger partial charge in [0.05, 0.1) is 6.04 Å². The van der Waals surface area contributed by atoms with Crippen LogP contribution in [0.4, 0.5) is 0 Å². The average Bonchev–Trinajstić information content (AvgIpc) is 3.15. The molecule has 1 unspecified atom stereocenters. The summed E-state index contributed by atoms with van der Waals surface area (Å²) in [5.41, 5.74) is 3.20. The van der Waals surface area contributed by atoms with Crippen molar-refractivity contribution >= 4 is 17.2 Å². The van der Waals surface area contributed by atoms with E-state index in [9.17, 15) is 4.79 Å². The summed E-state index contributed by atoms with van der Waals surface area (Å²) in [6.45, 7) is 3.98. The molecule has 0 aliphatic carbocycles. The van der Waals surface area contributed by atoms with E-state index in [0.29, 0.717) is 0 Å². The first-order valence-corrected chi connectivity index (χ1v) is 9.09. The van der Waals surface area contributed by atoms with Crippen molar-refractivity contribution in [1.29, 1.82) is 0 Å². The van der Waals surface area contributed by atoms with Crippen molar-refractivity contribution < 1.29 is 9.53 Å². The van der Waals surface area contributed by atoms with E-state index in [2.05, 4.69) is 5.32 Å². The first-order valence-electron chi connectivity index (χ1n) is 8.21. The molecule has 0 bridgehead atoms. The van der Waals surface area contributed by atoms with Crippen LogP contribution in [0.1, 0.15) is 27.6 Å². The van der Waals surface area contributed by atoms with E-state index in [4.69, 9.17) is 4.74 Å². The van der Waals surface area contributed by atoms with Crippen molar-refractivity contribution in [2.75, 3.05) is 6.61 Å². The Kier molecular flexibility index (Phi) is 5.51. The smallest absolute Gasteiger partial charge is 0.258 e.